The molecule has 2 aliphatic heterocycles. The van der Waals surface area contributed by atoms with Gasteiger partial charge in [-0.15, -0.1) is 12.4 Å². The molecule has 260 valence electrons. The van der Waals surface area contributed by atoms with Crippen LogP contribution in [0.1, 0.15) is 90.9 Å². The highest BCUT2D eigenvalue weighted by molar-refractivity contribution is 5.87. The Bertz CT molecular complexity index is 1600. The molecule has 0 atom stereocenters. The average molecular weight is 671 g/mol. The Labute approximate surface area is 286 Å². The van der Waals surface area contributed by atoms with Crippen LogP contribution in [0.15, 0.2) is 36.7 Å². The van der Waals surface area contributed by atoms with Crippen molar-refractivity contribution in [1.29, 1.82) is 0 Å². The van der Waals surface area contributed by atoms with Crippen molar-refractivity contribution >= 4 is 40.3 Å². The largest absolute Gasteiger partial charge is 0.493 e. The highest BCUT2D eigenvalue weighted by Crippen LogP contribution is 2.34. The maximum absolute atomic E-state index is 12.2. The molecule has 0 spiro atoms. The molecule has 11 heteroatoms. The summed E-state index contributed by atoms with van der Waals surface area (Å²) in [4.78, 5) is 14.0. The SMILES string of the molecule is C.CCOc1c(C)ccc2c1cnn2C1CCN(C(=O)OC(C)(C)C)CC1.CCOc1c(C)ccc2c1cnn2C1CCNCC1.Cl. The van der Waals surface area contributed by atoms with Crippen LogP contribution >= 0.6 is 12.4 Å². The highest BCUT2D eigenvalue weighted by Gasteiger charge is 2.29. The summed E-state index contributed by atoms with van der Waals surface area (Å²) >= 11 is 0. The first kappa shape index (κ1) is 38.0. The first-order chi connectivity index (χ1) is 21.6. The lowest BCUT2D eigenvalue weighted by Crippen LogP contribution is -2.42. The molecule has 47 heavy (non-hydrogen) atoms. The second-order valence-corrected chi connectivity index (χ2v) is 13.0. The van der Waals surface area contributed by atoms with Crippen LogP contribution in [-0.4, -0.2) is 75.5 Å². The van der Waals surface area contributed by atoms with Gasteiger partial charge in [0.05, 0.1) is 59.5 Å². The zero-order valence-electron chi connectivity index (χ0n) is 28.5. The van der Waals surface area contributed by atoms with E-state index in [9.17, 15) is 4.79 Å². The number of fused-ring (bicyclic) bond motifs is 2. The van der Waals surface area contributed by atoms with Gasteiger partial charge < -0.3 is 24.4 Å². The van der Waals surface area contributed by atoms with E-state index in [4.69, 9.17) is 14.2 Å². The Morgan fingerprint density at radius 1 is 0.809 bits per heavy atom. The van der Waals surface area contributed by atoms with Gasteiger partial charge in [-0.3, -0.25) is 9.36 Å². The van der Waals surface area contributed by atoms with E-state index in [1.54, 1.807) is 4.90 Å². The molecule has 0 radical (unpaired) electrons. The second-order valence-electron chi connectivity index (χ2n) is 13.0. The van der Waals surface area contributed by atoms with Crippen molar-refractivity contribution in [2.45, 2.75) is 99.3 Å². The average Bonchev–Trinajstić information content (AvgIpc) is 3.65. The van der Waals surface area contributed by atoms with Crippen LogP contribution in [-0.2, 0) is 4.74 Å². The standard InChI is InChI=1S/C20H29N3O3.C15H21N3O.CH4.ClH/c1-6-25-18-14(2)7-8-17-16(18)13-21-23(17)15-9-11-22(12-10-15)19(24)26-20(3,4)5;1-3-19-15-11(2)4-5-14-13(15)10-17-18(14)12-6-8-16-9-7-12;;/h7-8,13,15H,6,9-12H2,1-5H3;4-5,10,12,16H,3,6-9H2,1-2H3;1H4;1H. The number of benzene rings is 2. The summed E-state index contributed by atoms with van der Waals surface area (Å²) in [5.74, 6) is 1.91. The molecule has 1 N–H and O–H groups in total. The van der Waals surface area contributed by atoms with Gasteiger partial charge in [-0.1, -0.05) is 19.6 Å². The number of hydrogen-bond acceptors (Lipinski definition) is 7. The summed E-state index contributed by atoms with van der Waals surface area (Å²) in [6.07, 6.45) is 7.66. The van der Waals surface area contributed by atoms with Crippen LogP contribution in [0.5, 0.6) is 11.5 Å². The number of halogens is 1. The summed E-state index contributed by atoms with van der Waals surface area (Å²) in [6.45, 7) is 18.7. The number of likely N-dealkylation sites (tertiary alicyclic amines) is 1. The maximum Gasteiger partial charge on any atom is 0.410 e. The lowest BCUT2D eigenvalue weighted by atomic mass is 10.0. The van der Waals surface area contributed by atoms with Gasteiger partial charge in [-0.25, -0.2) is 4.79 Å². The lowest BCUT2D eigenvalue weighted by Gasteiger charge is -2.33. The first-order valence-corrected chi connectivity index (χ1v) is 16.5. The molecule has 4 aromatic rings. The van der Waals surface area contributed by atoms with Crippen molar-refractivity contribution in [3.8, 4) is 11.5 Å². The molecular weight excluding hydrogens is 616 g/mol. The van der Waals surface area contributed by atoms with E-state index < -0.39 is 5.60 Å². The van der Waals surface area contributed by atoms with Gasteiger partial charge in [0, 0.05) is 13.1 Å². The van der Waals surface area contributed by atoms with Crippen LogP contribution in [0.3, 0.4) is 0 Å². The third-order valence-electron chi connectivity index (χ3n) is 8.55. The van der Waals surface area contributed by atoms with Crippen molar-refractivity contribution in [3.05, 3.63) is 47.8 Å². The van der Waals surface area contributed by atoms with Crippen LogP contribution in [0, 0.1) is 13.8 Å². The quantitative estimate of drug-likeness (QED) is 0.222. The van der Waals surface area contributed by atoms with Gasteiger partial charge in [0.2, 0.25) is 0 Å². The van der Waals surface area contributed by atoms with Crippen LogP contribution in [0.2, 0.25) is 0 Å². The second kappa shape index (κ2) is 16.6. The smallest absolute Gasteiger partial charge is 0.410 e. The summed E-state index contributed by atoms with van der Waals surface area (Å²) < 4.78 is 21.4. The fourth-order valence-corrected chi connectivity index (χ4v) is 6.33. The number of amides is 1. The summed E-state index contributed by atoms with van der Waals surface area (Å²) in [7, 11) is 0. The Morgan fingerprint density at radius 2 is 1.26 bits per heavy atom. The molecule has 0 aliphatic carbocycles. The van der Waals surface area contributed by atoms with E-state index in [0.29, 0.717) is 32.3 Å². The van der Waals surface area contributed by atoms with Crippen LogP contribution < -0.4 is 14.8 Å². The van der Waals surface area contributed by atoms with Crippen molar-refractivity contribution in [2.75, 3.05) is 39.4 Å². The minimum atomic E-state index is -0.459. The van der Waals surface area contributed by atoms with Crippen LogP contribution in [0.25, 0.3) is 21.8 Å². The van der Waals surface area contributed by atoms with E-state index >= 15 is 0 Å². The van der Waals surface area contributed by atoms with E-state index in [2.05, 4.69) is 63.0 Å². The van der Waals surface area contributed by atoms with Gasteiger partial charge in [0.25, 0.3) is 0 Å². The Balaban J connectivity index is 0.000000255. The number of nitrogens with one attached hydrogen (secondary N) is 1. The first-order valence-electron chi connectivity index (χ1n) is 16.5. The van der Waals surface area contributed by atoms with Gasteiger partial charge in [0.15, 0.2) is 0 Å². The Hall–Kier alpha value is -3.50. The Morgan fingerprint density at radius 3 is 1.68 bits per heavy atom. The number of carbonyl (C=O) groups excluding carboxylic acids is 1. The van der Waals surface area contributed by atoms with E-state index in [0.717, 1.165) is 72.1 Å². The molecule has 0 saturated carbocycles. The fraction of sp³-hybridized carbons (Fsp3) is 0.583. The fourth-order valence-electron chi connectivity index (χ4n) is 6.33. The minimum Gasteiger partial charge on any atom is -0.493 e. The summed E-state index contributed by atoms with van der Waals surface area (Å²) in [5, 5.41) is 14.8. The predicted octanol–water partition coefficient (Wildman–Crippen LogP) is 8.04. The van der Waals surface area contributed by atoms with Crippen molar-refractivity contribution < 1.29 is 19.0 Å². The number of aromatic nitrogens is 4. The summed E-state index contributed by atoms with van der Waals surface area (Å²) in [5.41, 5.74) is 4.13. The number of carbonyl (C=O) groups is 1. The van der Waals surface area contributed by atoms with E-state index in [1.165, 1.54) is 11.1 Å². The zero-order valence-corrected chi connectivity index (χ0v) is 29.3. The lowest BCUT2D eigenvalue weighted by molar-refractivity contribution is 0.0186. The minimum absolute atomic E-state index is 0. The molecule has 4 heterocycles. The van der Waals surface area contributed by atoms with Crippen molar-refractivity contribution in [1.82, 2.24) is 29.8 Å². The maximum atomic E-state index is 12.2. The van der Waals surface area contributed by atoms with Gasteiger partial charge >= 0.3 is 6.09 Å². The topological polar surface area (TPSA) is 95.7 Å². The van der Waals surface area contributed by atoms with Gasteiger partial charge in [-0.2, -0.15) is 10.2 Å². The molecule has 1 amide bonds. The molecule has 2 aromatic heterocycles. The Kier molecular flexibility index (Phi) is 13.4. The van der Waals surface area contributed by atoms with Gasteiger partial charge in [0.1, 0.15) is 17.1 Å². The number of ether oxygens (including phenoxy) is 3. The summed E-state index contributed by atoms with van der Waals surface area (Å²) in [6, 6.07) is 9.29. The normalized spacial score (nSPS) is 15.8. The molecule has 0 unspecified atom stereocenters. The number of aryl methyl sites for hydroxylation is 2. The molecule has 2 aromatic carbocycles. The number of nitrogens with zero attached hydrogens (tertiary/aromatic N) is 5. The predicted molar refractivity (Wildman–Crippen MR) is 192 cm³/mol. The highest BCUT2D eigenvalue weighted by atomic mass is 35.5. The van der Waals surface area contributed by atoms with Crippen LogP contribution in [0.4, 0.5) is 4.79 Å². The number of rotatable bonds is 6. The number of piperidine rings is 2. The zero-order chi connectivity index (χ0) is 32.1. The number of hydrogen-bond donors (Lipinski definition) is 1. The molecule has 10 nitrogen and oxygen atoms in total. The molecule has 6 rings (SSSR count). The van der Waals surface area contributed by atoms with Crippen molar-refractivity contribution in [3.63, 3.8) is 0 Å². The molecule has 0 bridgehead atoms. The third kappa shape index (κ3) is 8.70. The van der Waals surface area contributed by atoms with E-state index in [-0.39, 0.29) is 32.0 Å². The monoisotopic (exact) mass is 670 g/mol. The molecular formula is C36H55ClN6O4. The van der Waals surface area contributed by atoms with Gasteiger partial charge in [-0.05, 0) is 110 Å². The molecule has 2 fully saturated rings. The van der Waals surface area contributed by atoms with E-state index in [1.807, 2.05) is 47.0 Å². The molecule has 2 aliphatic rings. The molecule has 2 saturated heterocycles. The third-order valence-corrected chi connectivity index (χ3v) is 8.55. The van der Waals surface area contributed by atoms with Crippen molar-refractivity contribution in [2.24, 2.45) is 0 Å².